The van der Waals surface area contributed by atoms with E-state index in [1.807, 2.05) is 60.7 Å². The van der Waals surface area contributed by atoms with Crippen LogP contribution in [-0.2, 0) is 0 Å². The van der Waals surface area contributed by atoms with Gasteiger partial charge in [0.05, 0.1) is 13.7 Å². The summed E-state index contributed by atoms with van der Waals surface area (Å²) in [6.45, 7) is 4.27. The van der Waals surface area contributed by atoms with Crippen LogP contribution >= 0.6 is 0 Å². The lowest BCUT2D eigenvalue weighted by atomic mass is 10.1. The molecule has 0 atom stereocenters. The Hall–Kier alpha value is -3.98. The maximum Gasteiger partial charge on any atom is 0.235 e. The Morgan fingerprint density at radius 3 is 2.24 bits per heavy atom. The summed E-state index contributed by atoms with van der Waals surface area (Å²) in [6.07, 6.45) is 2.03. The van der Waals surface area contributed by atoms with Gasteiger partial charge in [-0.05, 0) is 48.5 Å². The van der Waals surface area contributed by atoms with Crippen molar-refractivity contribution in [1.29, 1.82) is 0 Å². The molecule has 0 radical (unpaired) electrons. The van der Waals surface area contributed by atoms with E-state index in [1.165, 1.54) is 0 Å². The van der Waals surface area contributed by atoms with E-state index < -0.39 is 0 Å². The van der Waals surface area contributed by atoms with Crippen molar-refractivity contribution in [3.8, 4) is 5.75 Å². The number of ether oxygens (including phenoxy) is 1. The minimum Gasteiger partial charge on any atom is -0.497 e. The van der Waals surface area contributed by atoms with E-state index >= 15 is 0 Å². The highest BCUT2D eigenvalue weighted by Crippen LogP contribution is 2.23. The molecule has 1 saturated heterocycles. The lowest BCUT2D eigenvalue weighted by molar-refractivity contribution is 0.311. The number of rotatable bonds is 6. The molecule has 3 aromatic rings. The number of para-hydroxylation sites is 1. The number of anilines is 4. The Balaban J connectivity index is 1.38. The van der Waals surface area contributed by atoms with E-state index in [9.17, 15) is 0 Å². The van der Waals surface area contributed by atoms with Crippen molar-refractivity contribution in [1.82, 2.24) is 19.9 Å². The van der Waals surface area contributed by atoms with Gasteiger partial charge in [-0.25, -0.2) is 0 Å². The molecule has 5 rings (SSSR count). The van der Waals surface area contributed by atoms with E-state index in [1.54, 1.807) is 7.11 Å². The van der Waals surface area contributed by atoms with Crippen molar-refractivity contribution in [3.05, 3.63) is 66.2 Å². The smallest absolute Gasteiger partial charge is 0.235 e. The highest BCUT2D eigenvalue weighted by molar-refractivity contribution is 6.10. The number of piperazine rings is 1. The van der Waals surface area contributed by atoms with Crippen molar-refractivity contribution in [2.24, 2.45) is 4.99 Å². The molecule has 9 heteroatoms. The molecule has 1 fully saturated rings. The van der Waals surface area contributed by atoms with Gasteiger partial charge in [0.15, 0.2) is 0 Å². The molecule has 0 amide bonds. The van der Waals surface area contributed by atoms with E-state index in [0.717, 1.165) is 54.6 Å². The molecular weight excluding hydrogens is 428 g/mol. The average molecular weight is 457 g/mol. The Morgan fingerprint density at radius 1 is 0.824 bits per heavy atom. The van der Waals surface area contributed by atoms with Crippen LogP contribution in [0.4, 0.5) is 23.5 Å². The third-order valence-corrected chi connectivity index (χ3v) is 5.87. The first kappa shape index (κ1) is 21.8. The molecule has 0 aliphatic carbocycles. The fourth-order valence-corrected chi connectivity index (χ4v) is 3.87. The number of nitrogens with one attached hydrogen (secondary N) is 2. The molecule has 174 valence electrons. The number of methoxy groups -OCH3 is 1. The monoisotopic (exact) mass is 456 g/mol. The summed E-state index contributed by atoms with van der Waals surface area (Å²) in [6, 6.07) is 17.9. The molecule has 0 bridgehead atoms. The summed E-state index contributed by atoms with van der Waals surface area (Å²) in [4.78, 5) is 23.2. The normalized spacial score (nSPS) is 16.1. The highest BCUT2D eigenvalue weighted by Gasteiger charge is 2.20. The highest BCUT2D eigenvalue weighted by atomic mass is 16.5. The lowest BCUT2D eigenvalue weighted by Crippen LogP contribution is -2.45. The van der Waals surface area contributed by atoms with Crippen molar-refractivity contribution in [2.75, 3.05) is 62.4 Å². The zero-order chi connectivity index (χ0) is 23.3. The van der Waals surface area contributed by atoms with Crippen molar-refractivity contribution < 1.29 is 4.74 Å². The number of amidine groups is 1. The largest absolute Gasteiger partial charge is 0.497 e. The second-order valence-electron chi connectivity index (χ2n) is 8.29. The Kier molecular flexibility index (Phi) is 6.35. The molecule has 0 saturated carbocycles. The van der Waals surface area contributed by atoms with E-state index in [0.29, 0.717) is 24.4 Å². The SMILES string of the molecule is COc1ccc(C2=CC(Nc3nc(Nc4ccccc4)nc(N4CCN(C)CC4)n3)=NC2)cc1. The van der Waals surface area contributed by atoms with Crippen molar-refractivity contribution in [2.45, 2.75) is 0 Å². The van der Waals surface area contributed by atoms with Gasteiger partial charge in [-0.1, -0.05) is 30.3 Å². The van der Waals surface area contributed by atoms with Gasteiger partial charge in [0.2, 0.25) is 17.8 Å². The van der Waals surface area contributed by atoms with Crippen LogP contribution in [0.1, 0.15) is 5.56 Å². The first-order valence-electron chi connectivity index (χ1n) is 11.3. The second kappa shape index (κ2) is 9.88. The van der Waals surface area contributed by atoms with Crippen molar-refractivity contribution >= 4 is 34.9 Å². The minimum atomic E-state index is 0.466. The molecule has 9 nitrogen and oxygen atoms in total. The van der Waals surface area contributed by atoms with Gasteiger partial charge in [0, 0.05) is 31.9 Å². The molecule has 34 heavy (non-hydrogen) atoms. The van der Waals surface area contributed by atoms with E-state index in [-0.39, 0.29) is 0 Å². The molecule has 3 heterocycles. The quantitative estimate of drug-likeness (QED) is 0.584. The fraction of sp³-hybridized carbons (Fsp3) is 0.280. The van der Waals surface area contributed by atoms with Gasteiger partial charge >= 0.3 is 0 Å². The summed E-state index contributed by atoms with van der Waals surface area (Å²) in [5.41, 5.74) is 3.16. The van der Waals surface area contributed by atoms with Gasteiger partial charge in [-0.3, -0.25) is 4.99 Å². The van der Waals surface area contributed by atoms with Crippen LogP contribution in [0.2, 0.25) is 0 Å². The van der Waals surface area contributed by atoms with Gasteiger partial charge in [0.1, 0.15) is 11.6 Å². The van der Waals surface area contributed by atoms with Crippen LogP contribution in [0.3, 0.4) is 0 Å². The van der Waals surface area contributed by atoms with Crippen LogP contribution in [0.25, 0.3) is 5.57 Å². The molecule has 1 aromatic heterocycles. The van der Waals surface area contributed by atoms with Gasteiger partial charge in [-0.2, -0.15) is 15.0 Å². The standard InChI is InChI=1S/C25H28N8O/c1-32-12-14-33(15-13-32)25-30-23(27-20-6-4-3-5-7-20)29-24(31-25)28-22-16-19(17-26-22)18-8-10-21(34-2)11-9-18/h3-11,16H,12-15,17H2,1-2H3,(H2,26,27,28,29,30,31). The molecule has 2 aliphatic heterocycles. The van der Waals surface area contributed by atoms with Crippen LogP contribution in [0.5, 0.6) is 5.75 Å². The van der Waals surface area contributed by atoms with Gasteiger partial charge < -0.3 is 25.2 Å². The Bertz CT molecular complexity index is 1190. The summed E-state index contributed by atoms with van der Waals surface area (Å²) in [7, 11) is 3.80. The Labute approximate surface area is 199 Å². The zero-order valence-electron chi connectivity index (χ0n) is 19.4. The topological polar surface area (TPSA) is 90.8 Å². The summed E-state index contributed by atoms with van der Waals surface area (Å²) in [5, 5.41) is 6.58. The van der Waals surface area contributed by atoms with Gasteiger partial charge in [-0.15, -0.1) is 0 Å². The number of nitrogens with zero attached hydrogens (tertiary/aromatic N) is 6. The molecule has 2 aromatic carbocycles. The fourth-order valence-electron chi connectivity index (χ4n) is 3.87. The minimum absolute atomic E-state index is 0.466. The number of aromatic nitrogens is 3. The number of hydrogen-bond acceptors (Lipinski definition) is 9. The predicted molar refractivity (Wildman–Crippen MR) is 136 cm³/mol. The lowest BCUT2D eigenvalue weighted by Gasteiger charge is -2.32. The van der Waals surface area contributed by atoms with Crippen LogP contribution in [0, 0.1) is 0 Å². The van der Waals surface area contributed by atoms with E-state index in [4.69, 9.17) is 14.7 Å². The number of benzene rings is 2. The summed E-state index contributed by atoms with van der Waals surface area (Å²) in [5.74, 6) is 3.18. The molecular formula is C25H28N8O. The van der Waals surface area contributed by atoms with Crippen LogP contribution in [0.15, 0.2) is 65.7 Å². The van der Waals surface area contributed by atoms with Gasteiger partial charge in [0.25, 0.3) is 0 Å². The number of aliphatic imine (C=N–C) groups is 1. The first-order valence-corrected chi connectivity index (χ1v) is 11.3. The van der Waals surface area contributed by atoms with Crippen molar-refractivity contribution in [3.63, 3.8) is 0 Å². The van der Waals surface area contributed by atoms with Crippen LogP contribution < -0.4 is 20.3 Å². The maximum absolute atomic E-state index is 5.26. The Morgan fingerprint density at radius 2 is 1.53 bits per heavy atom. The first-order chi connectivity index (χ1) is 16.7. The van der Waals surface area contributed by atoms with Crippen LogP contribution in [-0.4, -0.2) is 72.6 Å². The molecule has 2 N–H and O–H groups in total. The molecule has 2 aliphatic rings. The third-order valence-electron chi connectivity index (χ3n) is 5.87. The number of hydrogen-bond donors (Lipinski definition) is 2. The summed E-state index contributed by atoms with van der Waals surface area (Å²) >= 11 is 0. The average Bonchev–Trinajstić information content (AvgIpc) is 3.33. The molecule has 0 unspecified atom stereocenters. The predicted octanol–water partition coefficient (Wildman–Crippen LogP) is 3.28. The zero-order valence-corrected chi connectivity index (χ0v) is 19.4. The molecule has 0 spiro atoms. The van der Waals surface area contributed by atoms with E-state index in [2.05, 4.69) is 37.5 Å². The summed E-state index contributed by atoms with van der Waals surface area (Å²) < 4.78 is 5.26. The number of likely N-dealkylation sites (N-methyl/N-ethyl adjacent to an activating group) is 1. The maximum atomic E-state index is 5.26. The second-order valence-corrected chi connectivity index (χ2v) is 8.29. The third kappa shape index (κ3) is 5.15.